The summed E-state index contributed by atoms with van der Waals surface area (Å²) in [6, 6.07) is 0. The average molecular weight is 264 g/mol. The molecule has 0 bridgehead atoms. The molecule has 0 aliphatic heterocycles. The van der Waals surface area contributed by atoms with E-state index in [1.54, 1.807) is 0 Å². The van der Waals surface area contributed by atoms with Gasteiger partial charge in [-0.05, 0) is 6.42 Å². The second-order valence-corrected chi connectivity index (χ2v) is 6.71. The van der Waals surface area contributed by atoms with Crippen molar-refractivity contribution in [3.05, 3.63) is 0 Å². The Balaban J connectivity index is 3.61. The van der Waals surface area contributed by atoms with Crippen molar-refractivity contribution in [2.75, 3.05) is 19.5 Å². The van der Waals surface area contributed by atoms with Gasteiger partial charge in [0.25, 0.3) is 0 Å². The Hall–Kier alpha value is 0.230. The molecule has 0 aromatic carbocycles. The van der Waals surface area contributed by atoms with Crippen LogP contribution in [0.15, 0.2) is 0 Å². The minimum absolute atomic E-state index is 0.238. The van der Waals surface area contributed by atoms with Gasteiger partial charge in [-0.1, -0.05) is 46.5 Å². The molecule has 0 aliphatic carbocycles. The normalized spacial score (nSPS) is 13.9. The summed E-state index contributed by atoms with van der Waals surface area (Å²) in [6.45, 7) is 6.96. The highest BCUT2D eigenvalue weighted by atomic mass is 32.2. The predicted molar refractivity (Wildman–Crippen MR) is 74.3 cm³/mol. The molecule has 0 aromatic heterocycles. The molecule has 0 spiro atoms. The lowest BCUT2D eigenvalue weighted by molar-refractivity contribution is -0.282. The molecule has 0 aliphatic rings. The maximum absolute atomic E-state index is 9.63. The standard InChI is InChI=1S/C13H28O3S/c1-5-6-7-8-9-13(2,3)17-11-12(14)10-16-15-4/h12,14H,5-11H2,1-4H3. The zero-order valence-corrected chi connectivity index (χ0v) is 12.5. The molecule has 4 heteroatoms. The van der Waals surface area contributed by atoms with Crippen molar-refractivity contribution in [2.24, 2.45) is 0 Å². The number of rotatable bonds is 11. The summed E-state index contributed by atoms with van der Waals surface area (Å²) in [4.78, 5) is 9.18. The van der Waals surface area contributed by atoms with Crippen molar-refractivity contribution >= 4 is 11.8 Å². The quantitative estimate of drug-likeness (QED) is 0.353. The summed E-state index contributed by atoms with van der Waals surface area (Å²) in [7, 11) is 1.46. The highest BCUT2D eigenvalue weighted by Crippen LogP contribution is 2.30. The summed E-state index contributed by atoms with van der Waals surface area (Å²) in [5.41, 5.74) is 0. The molecule has 1 unspecified atom stereocenters. The van der Waals surface area contributed by atoms with Crippen LogP contribution in [0, 0.1) is 0 Å². The van der Waals surface area contributed by atoms with E-state index in [0.29, 0.717) is 5.75 Å². The van der Waals surface area contributed by atoms with Crippen molar-refractivity contribution in [3.63, 3.8) is 0 Å². The zero-order valence-electron chi connectivity index (χ0n) is 11.7. The first-order valence-corrected chi connectivity index (χ1v) is 7.48. The molecule has 1 N–H and O–H groups in total. The van der Waals surface area contributed by atoms with Gasteiger partial charge in [0.1, 0.15) is 6.61 Å². The molecule has 0 heterocycles. The number of hydrogen-bond donors (Lipinski definition) is 1. The van der Waals surface area contributed by atoms with Gasteiger partial charge in [-0.15, -0.1) is 0 Å². The number of aliphatic hydroxyl groups is 1. The van der Waals surface area contributed by atoms with Gasteiger partial charge in [-0.3, -0.25) is 0 Å². The van der Waals surface area contributed by atoms with Crippen molar-refractivity contribution in [1.82, 2.24) is 0 Å². The molecular formula is C13H28O3S. The Morgan fingerprint density at radius 2 is 1.94 bits per heavy atom. The van der Waals surface area contributed by atoms with Crippen LogP contribution >= 0.6 is 11.8 Å². The maximum Gasteiger partial charge on any atom is 0.109 e. The van der Waals surface area contributed by atoms with E-state index in [2.05, 4.69) is 25.7 Å². The van der Waals surface area contributed by atoms with Gasteiger partial charge in [-0.2, -0.15) is 11.8 Å². The Morgan fingerprint density at radius 1 is 1.24 bits per heavy atom. The topological polar surface area (TPSA) is 38.7 Å². The highest BCUT2D eigenvalue weighted by molar-refractivity contribution is 8.00. The van der Waals surface area contributed by atoms with Crippen molar-refractivity contribution in [3.8, 4) is 0 Å². The van der Waals surface area contributed by atoms with E-state index in [1.165, 1.54) is 39.2 Å². The van der Waals surface area contributed by atoms with Gasteiger partial charge in [0.15, 0.2) is 0 Å². The summed E-state index contributed by atoms with van der Waals surface area (Å²) < 4.78 is 0.238. The van der Waals surface area contributed by atoms with Crippen LogP contribution in [-0.2, 0) is 9.78 Å². The van der Waals surface area contributed by atoms with E-state index in [1.807, 2.05) is 11.8 Å². The fraction of sp³-hybridized carbons (Fsp3) is 1.00. The highest BCUT2D eigenvalue weighted by Gasteiger charge is 2.19. The lowest BCUT2D eigenvalue weighted by Gasteiger charge is -2.25. The predicted octanol–water partition coefficient (Wildman–Crippen LogP) is 3.41. The van der Waals surface area contributed by atoms with Crippen LogP contribution in [0.25, 0.3) is 0 Å². The van der Waals surface area contributed by atoms with E-state index in [9.17, 15) is 5.11 Å². The maximum atomic E-state index is 9.63. The summed E-state index contributed by atoms with van der Waals surface area (Å²) in [6.07, 6.45) is 5.95. The zero-order chi connectivity index (χ0) is 13.1. The van der Waals surface area contributed by atoms with Crippen LogP contribution in [0.5, 0.6) is 0 Å². The minimum atomic E-state index is -0.449. The molecule has 0 radical (unpaired) electrons. The number of hydrogen-bond acceptors (Lipinski definition) is 4. The van der Waals surface area contributed by atoms with E-state index in [-0.39, 0.29) is 11.4 Å². The van der Waals surface area contributed by atoms with Gasteiger partial charge in [0, 0.05) is 10.5 Å². The molecular weight excluding hydrogens is 236 g/mol. The minimum Gasteiger partial charge on any atom is -0.390 e. The van der Waals surface area contributed by atoms with Gasteiger partial charge in [0.2, 0.25) is 0 Å². The first-order valence-electron chi connectivity index (χ1n) is 6.49. The van der Waals surface area contributed by atoms with E-state index >= 15 is 0 Å². The largest absolute Gasteiger partial charge is 0.390 e. The molecule has 104 valence electrons. The first kappa shape index (κ1) is 17.2. The van der Waals surface area contributed by atoms with E-state index in [4.69, 9.17) is 4.89 Å². The summed E-state index contributed by atoms with van der Waals surface area (Å²) in [5, 5.41) is 9.63. The van der Waals surface area contributed by atoms with Crippen LogP contribution < -0.4 is 0 Å². The van der Waals surface area contributed by atoms with Crippen LogP contribution in [0.3, 0.4) is 0 Å². The van der Waals surface area contributed by atoms with Gasteiger partial charge in [-0.25, -0.2) is 9.78 Å². The molecule has 0 amide bonds. The fourth-order valence-electron chi connectivity index (χ4n) is 1.57. The van der Waals surface area contributed by atoms with Crippen LogP contribution in [0.4, 0.5) is 0 Å². The first-order chi connectivity index (χ1) is 8.02. The molecule has 17 heavy (non-hydrogen) atoms. The summed E-state index contributed by atoms with van der Waals surface area (Å²) >= 11 is 1.81. The Morgan fingerprint density at radius 3 is 2.53 bits per heavy atom. The van der Waals surface area contributed by atoms with Gasteiger partial charge in [0.05, 0.1) is 13.2 Å². The third kappa shape index (κ3) is 11.1. The molecule has 3 nitrogen and oxygen atoms in total. The number of aliphatic hydroxyl groups excluding tert-OH is 1. The Labute approximate surface area is 110 Å². The molecule has 1 atom stereocenters. The molecule has 0 aromatic rings. The molecule has 0 saturated heterocycles. The second-order valence-electron chi connectivity index (χ2n) is 4.99. The van der Waals surface area contributed by atoms with Crippen molar-refractivity contribution in [2.45, 2.75) is 63.7 Å². The summed E-state index contributed by atoms with van der Waals surface area (Å²) in [5.74, 6) is 0.699. The van der Waals surface area contributed by atoms with Gasteiger partial charge >= 0.3 is 0 Å². The average Bonchev–Trinajstić information content (AvgIpc) is 2.30. The van der Waals surface area contributed by atoms with Crippen LogP contribution in [0.1, 0.15) is 52.9 Å². The van der Waals surface area contributed by atoms with Crippen molar-refractivity contribution < 1.29 is 14.9 Å². The van der Waals surface area contributed by atoms with Crippen LogP contribution in [-0.4, -0.2) is 35.4 Å². The van der Waals surface area contributed by atoms with E-state index in [0.717, 1.165) is 0 Å². The lowest BCUT2D eigenvalue weighted by atomic mass is 10.0. The monoisotopic (exact) mass is 264 g/mol. The fourth-order valence-corrected chi connectivity index (χ4v) is 2.59. The molecule has 0 saturated carbocycles. The second kappa shape index (κ2) is 10.2. The molecule has 0 rings (SSSR count). The Bertz CT molecular complexity index is 174. The third-order valence-corrected chi connectivity index (χ3v) is 4.21. The van der Waals surface area contributed by atoms with Crippen LogP contribution in [0.2, 0.25) is 0 Å². The number of thioether (sulfide) groups is 1. The van der Waals surface area contributed by atoms with E-state index < -0.39 is 6.10 Å². The smallest absolute Gasteiger partial charge is 0.109 e. The lowest BCUT2D eigenvalue weighted by Crippen LogP contribution is -2.23. The van der Waals surface area contributed by atoms with Crippen molar-refractivity contribution in [1.29, 1.82) is 0 Å². The number of unbranched alkanes of at least 4 members (excludes halogenated alkanes) is 3. The molecule has 0 fully saturated rings. The van der Waals surface area contributed by atoms with Gasteiger partial charge < -0.3 is 5.11 Å². The SMILES string of the molecule is CCCCCCC(C)(C)SCC(O)COOC. The third-order valence-electron chi connectivity index (χ3n) is 2.68. The Kier molecular flexibility index (Phi) is 10.3.